The number of thiophene rings is 1. The Labute approximate surface area is 177 Å². The van der Waals surface area contributed by atoms with E-state index in [0.29, 0.717) is 39.2 Å². The number of nitrogens with zero attached hydrogens (tertiary/aromatic N) is 1. The molecule has 0 radical (unpaired) electrons. The number of pyridine rings is 1. The summed E-state index contributed by atoms with van der Waals surface area (Å²) in [5, 5.41) is 4.50. The van der Waals surface area contributed by atoms with Crippen LogP contribution in [0.15, 0.2) is 42.5 Å². The number of ether oxygens (including phenoxy) is 3. The number of aromatic nitrogens is 1. The van der Waals surface area contributed by atoms with Crippen molar-refractivity contribution in [3.63, 3.8) is 0 Å². The number of benzene rings is 2. The van der Waals surface area contributed by atoms with Crippen LogP contribution in [0.5, 0.6) is 17.2 Å². The molecule has 0 atom stereocenters. The summed E-state index contributed by atoms with van der Waals surface area (Å²) in [7, 11) is 3.10. The highest BCUT2D eigenvalue weighted by atomic mass is 32.1. The standard InChI is InChI=1S/C22H21N3O4S/c1-4-29-14-5-7-16-12(9-14)10-15-19(23)20(30-22(15)25-16)21(26)24-17-11-13(27-2)6-8-18(17)28-3/h5-11H,4,23H2,1-3H3,(H,24,26). The van der Waals surface area contributed by atoms with Gasteiger partial charge in [-0.25, -0.2) is 4.98 Å². The molecule has 0 saturated carbocycles. The zero-order valence-corrected chi connectivity index (χ0v) is 17.6. The van der Waals surface area contributed by atoms with Crippen LogP contribution in [0, 0.1) is 0 Å². The molecule has 4 rings (SSSR count). The van der Waals surface area contributed by atoms with Crippen LogP contribution in [0.25, 0.3) is 21.1 Å². The van der Waals surface area contributed by atoms with E-state index in [1.165, 1.54) is 18.4 Å². The molecule has 3 N–H and O–H groups in total. The Bertz CT molecular complexity index is 1250. The number of fused-ring (bicyclic) bond motifs is 2. The van der Waals surface area contributed by atoms with Crippen LogP contribution in [-0.2, 0) is 0 Å². The van der Waals surface area contributed by atoms with Crippen molar-refractivity contribution in [2.24, 2.45) is 0 Å². The van der Waals surface area contributed by atoms with E-state index in [1.54, 1.807) is 25.3 Å². The summed E-state index contributed by atoms with van der Waals surface area (Å²) in [5.41, 5.74) is 8.04. The lowest BCUT2D eigenvalue weighted by Crippen LogP contribution is -2.12. The molecule has 0 aliphatic heterocycles. The Morgan fingerprint density at radius 3 is 2.63 bits per heavy atom. The predicted molar refractivity (Wildman–Crippen MR) is 120 cm³/mol. The summed E-state index contributed by atoms with van der Waals surface area (Å²) in [6, 6.07) is 12.8. The molecule has 154 valence electrons. The van der Waals surface area contributed by atoms with Gasteiger partial charge >= 0.3 is 0 Å². The van der Waals surface area contributed by atoms with Gasteiger partial charge in [0.2, 0.25) is 0 Å². The zero-order chi connectivity index (χ0) is 21.3. The van der Waals surface area contributed by atoms with Crippen LogP contribution < -0.4 is 25.3 Å². The molecule has 2 aromatic heterocycles. The Morgan fingerprint density at radius 1 is 1.10 bits per heavy atom. The van der Waals surface area contributed by atoms with Gasteiger partial charge in [0.25, 0.3) is 5.91 Å². The maximum absolute atomic E-state index is 13.0. The number of carbonyl (C=O) groups excluding carboxylic acids is 1. The van der Waals surface area contributed by atoms with Crippen LogP contribution in [-0.4, -0.2) is 31.7 Å². The van der Waals surface area contributed by atoms with Crippen LogP contribution >= 0.6 is 11.3 Å². The highest BCUT2D eigenvalue weighted by Gasteiger charge is 2.19. The van der Waals surface area contributed by atoms with Crippen molar-refractivity contribution >= 4 is 49.7 Å². The van der Waals surface area contributed by atoms with Crippen LogP contribution in [0.4, 0.5) is 11.4 Å². The number of carbonyl (C=O) groups is 1. The lowest BCUT2D eigenvalue weighted by Gasteiger charge is -2.11. The van der Waals surface area contributed by atoms with Crippen molar-refractivity contribution in [1.29, 1.82) is 0 Å². The third kappa shape index (κ3) is 3.57. The van der Waals surface area contributed by atoms with Gasteiger partial charge in [0, 0.05) is 16.8 Å². The minimum Gasteiger partial charge on any atom is -0.497 e. The normalized spacial score (nSPS) is 10.9. The second kappa shape index (κ2) is 8.08. The fourth-order valence-corrected chi connectivity index (χ4v) is 4.18. The second-order valence-electron chi connectivity index (χ2n) is 6.49. The van der Waals surface area contributed by atoms with Gasteiger partial charge in [0.05, 0.1) is 37.7 Å². The van der Waals surface area contributed by atoms with Crippen LogP contribution in [0.2, 0.25) is 0 Å². The van der Waals surface area contributed by atoms with E-state index in [-0.39, 0.29) is 5.91 Å². The van der Waals surface area contributed by atoms with Crippen molar-refractivity contribution in [1.82, 2.24) is 4.98 Å². The summed E-state index contributed by atoms with van der Waals surface area (Å²) < 4.78 is 16.1. The van der Waals surface area contributed by atoms with Gasteiger partial charge in [0.1, 0.15) is 27.0 Å². The molecule has 0 unspecified atom stereocenters. The van der Waals surface area contributed by atoms with Gasteiger partial charge in [-0.3, -0.25) is 4.79 Å². The van der Waals surface area contributed by atoms with Gasteiger partial charge < -0.3 is 25.3 Å². The monoisotopic (exact) mass is 423 g/mol. The summed E-state index contributed by atoms with van der Waals surface area (Å²) in [6.45, 7) is 2.52. The third-order valence-corrected chi connectivity index (χ3v) is 5.77. The van der Waals surface area contributed by atoms with Crippen molar-refractivity contribution in [2.75, 3.05) is 31.9 Å². The average molecular weight is 423 g/mol. The van der Waals surface area contributed by atoms with E-state index < -0.39 is 0 Å². The molecule has 8 heteroatoms. The fraction of sp³-hybridized carbons (Fsp3) is 0.182. The molecule has 4 aromatic rings. The van der Waals surface area contributed by atoms with E-state index in [4.69, 9.17) is 19.9 Å². The molecule has 0 spiro atoms. The molecule has 7 nitrogen and oxygen atoms in total. The average Bonchev–Trinajstić information content (AvgIpc) is 3.08. The fourth-order valence-electron chi connectivity index (χ4n) is 3.20. The number of methoxy groups -OCH3 is 2. The van der Waals surface area contributed by atoms with Crippen molar-refractivity contribution in [3.8, 4) is 17.2 Å². The number of nitrogens with two attached hydrogens (primary N) is 1. The number of hydrogen-bond acceptors (Lipinski definition) is 7. The molecular formula is C22H21N3O4S. The van der Waals surface area contributed by atoms with Gasteiger partial charge in [-0.15, -0.1) is 11.3 Å². The van der Waals surface area contributed by atoms with Gasteiger partial charge in [-0.05, 0) is 43.3 Å². The zero-order valence-electron chi connectivity index (χ0n) is 16.8. The summed E-state index contributed by atoms with van der Waals surface area (Å²) >= 11 is 1.25. The first-order valence-electron chi connectivity index (χ1n) is 9.33. The Morgan fingerprint density at radius 2 is 1.90 bits per heavy atom. The highest BCUT2D eigenvalue weighted by molar-refractivity contribution is 7.21. The highest BCUT2D eigenvalue weighted by Crippen LogP contribution is 2.37. The quantitative estimate of drug-likeness (QED) is 0.467. The van der Waals surface area contributed by atoms with E-state index in [0.717, 1.165) is 22.0 Å². The SMILES string of the molecule is CCOc1ccc2nc3sc(C(=O)Nc4cc(OC)ccc4OC)c(N)c3cc2c1. The molecule has 0 aliphatic carbocycles. The Balaban J connectivity index is 1.73. The lowest BCUT2D eigenvalue weighted by molar-refractivity contribution is 0.103. The first-order valence-corrected chi connectivity index (χ1v) is 10.1. The lowest BCUT2D eigenvalue weighted by atomic mass is 10.1. The second-order valence-corrected chi connectivity index (χ2v) is 7.49. The first-order chi connectivity index (χ1) is 14.5. The molecule has 0 bridgehead atoms. The maximum atomic E-state index is 13.0. The van der Waals surface area contributed by atoms with Crippen molar-refractivity contribution < 1.29 is 19.0 Å². The number of amides is 1. The van der Waals surface area contributed by atoms with E-state index in [9.17, 15) is 4.79 Å². The number of nitrogens with one attached hydrogen (secondary N) is 1. The summed E-state index contributed by atoms with van der Waals surface area (Å²) in [6.07, 6.45) is 0. The molecule has 2 aromatic carbocycles. The van der Waals surface area contributed by atoms with Crippen molar-refractivity contribution in [3.05, 3.63) is 47.3 Å². The molecule has 30 heavy (non-hydrogen) atoms. The van der Waals surface area contributed by atoms with Crippen LogP contribution in [0.3, 0.4) is 0 Å². The third-order valence-electron chi connectivity index (χ3n) is 4.66. The Kier molecular flexibility index (Phi) is 5.33. The van der Waals surface area contributed by atoms with E-state index in [1.807, 2.05) is 31.2 Å². The molecule has 1 amide bonds. The summed E-state index contributed by atoms with van der Waals surface area (Å²) in [4.78, 5) is 18.7. The first kappa shape index (κ1) is 19.8. The molecular weight excluding hydrogens is 402 g/mol. The van der Waals surface area contributed by atoms with Crippen LogP contribution in [0.1, 0.15) is 16.6 Å². The number of hydrogen-bond donors (Lipinski definition) is 2. The Hall–Kier alpha value is -3.52. The molecule has 2 heterocycles. The number of anilines is 2. The van der Waals surface area contributed by atoms with Gasteiger partial charge in [0.15, 0.2) is 0 Å². The largest absolute Gasteiger partial charge is 0.497 e. The van der Waals surface area contributed by atoms with Gasteiger partial charge in [-0.1, -0.05) is 0 Å². The molecule has 0 aliphatic rings. The topological polar surface area (TPSA) is 95.7 Å². The number of rotatable bonds is 6. The van der Waals surface area contributed by atoms with Gasteiger partial charge in [-0.2, -0.15) is 0 Å². The van der Waals surface area contributed by atoms with E-state index >= 15 is 0 Å². The predicted octanol–water partition coefficient (Wildman–Crippen LogP) is 4.70. The van der Waals surface area contributed by atoms with Crippen molar-refractivity contribution in [2.45, 2.75) is 6.92 Å². The molecule has 0 saturated heterocycles. The van der Waals surface area contributed by atoms with E-state index in [2.05, 4.69) is 10.3 Å². The smallest absolute Gasteiger partial charge is 0.268 e. The number of nitrogen functional groups attached to an aromatic ring is 1. The molecule has 0 fully saturated rings. The maximum Gasteiger partial charge on any atom is 0.268 e. The summed E-state index contributed by atoms with van der Waals surface area (Å²) in [5.74, 6) is 1.56. The minimum absolute atomic E-state index is 0.332. The minimum atomic E-state index is -0.332.